The number of hydrogen-bond donors (Lipinski definition) is 2. The number of nitrogens with two attached hydrogens (primary N) is 1. The second kappa shape index (κ2) is 7.05. The van der Waals surface area contributed by atoms with Crippen LogP contribution in [0.2, 0.25) is 0 Å². The van der Waals surface area contributed by atoms with E-state index in [0.717, 1.165) is 5.56 Å². The predicted octanol–water partition coefficient (Wildman–Crippen LogP) is 0.763. The Morgan fingerprint density at radius 3 is 2.76 bits per heavy atom. The summed E-state index contributed by atoms with van der Waals surface area (Å²) in [6.45, 7) is 3.26. The molecule has 5 nitrogen and oxygen atoms in total. The Morgan fingerprint density at radius 2 is 2.10 bits per heavy atom. The Kier molecular flexibility index (Phi) is 5.37. The molecule has 1 saturated heterocycles. The monoisotopic (exact) mass is 308 g/mol. The van der Waals surface area contributed by atoms with E-state index >= 15 is 0 Å². The van der Waals surface area contributed by atoms with Crippen molar-refractivity contribution in [3.05, 3.63) is 29.3 Å². The molecule has 0 aliphatic carbocycles. The lowest BCUT2D eigenvalue weighted by Crippen LogP contribution is -2.39. The predicted molar refractivity (Wildman–Crippen MR) is 81.3 cm³/mol. The lowest BCUT2D eigenvalue weighted by Gasteiger charge is -2.23. The van der Waals surface area contributed by atoms with Crippen LogP contribution in [0.4, 0.5) is 0 Å². The Morgan fingerprint density at radius 1 is 1.38 bits per heavy atom. The van der Waals surface area contributed by atoms with Crippen LogP contribution in [0.1, 0.15) is 24.0 Å². The van der Waals surface area contributed by atoms with Gasteiger partial charge in [-0.3, -0.25) is 0 Å². The maximum Gasteiger partial charge on any atom is 0.242 e. The van der Waals surface area contributed by atoms with Gasteiger partial charge in [-0.2, -0.15) is 0 Å². The Labute approximate surface area is 125 Å². The summed E-state index contributed by atoms with van der Waals surface area (Å²) >= 11 is 0. The second-order valence-electron chi connectivity index (χ2n) is 5.01. The summed E-state index contributed by atoms with van der Waals surface area (Å²) in [5.41, 5.74) is 6.82. The van der Waals surface area contributed by atoms with Gasteiger partial charge in [-0.05, 0) is 37.5 Å². The minimum atomic E-state index is -3.59. The first kappa shape index (κ1) is 16.0. The third kappa shape index (κ3) is 4.29. The Balaban J connectivity index is 2.30. The summed E-state index contributed by atoms with van der Waals surface area (Å²) in [4.78, 5) is 0.209. The molecule has 0 unspecified atom stereocenters. The zero-order chi connectivity index (χ0) is 15.3. The highest BCUT2D eigenvalue weighted by Crippen LogP contribution is 2.18. The van der Waals surface area contributed by atoms with E-state index in [1.54, 1.807) is 18.2 Å². The molecule has 1 aromatic rings. The number of rotatable bonds is 3. The molecule has 2 rings (SSSR count). The molecular formula is C15H20N2O3S. The van der Waals surface area contributed by atoms with Gasteiger partial charge in [0.25, 0.3) is 0 Å². The molecule has 0 atom stereocenters. The van der Waals surface area contributed by atoms with E-state index in [1.165, 1.54) is 0 Å². The van der Waals surface area contributed by atoms with Gasteiger partial charge in [0, 0.05) is 24.8 Å². The van der Waals surface area contributed by atoms with E-state index in [9.17, 15) is 8.42 Å². The first-order chi connectivity index (χ1) is 10.0. The second-order valence-corrected chi connectivity index (χ2v) is 6.70. The van der Waals surface area contributed by atoms with Gasteiger partial charge in [-0.1, -0.05) is 17.9 Å². The van der Waals surface area contributed by atoms with Gasteiger partial charge in [-0.25, -0.2) is 13.1 Å². The standard InChI is InChI=1S/C15H20N2O3S/c1-12-4-5-15(13(11-12)3-2-8-16)21(18,19)17-14-6-9-20-10-7-14/h4-5,11,14,17H,6-10,16H2,1H3. The molecule has 1 aromatic carbocycles. The zero-order valence-corrected chi connectivity index (χ0v) is 12.9. The average Bonchev–Trinajstić information content (AvgIpc) is 2.45. The van der Waals surface area contributed by atoms with Crippen molar-refractivity contribution in [1.29, 1.82) is 0 Å². The number of benzene rings is 1. The van der Waals surface area contributed by atoms with Crippen molar-refractivity contribution >= 4 is 10.0 Å². The third-order valence-electron chi connectivity index (χ3n) is 3.29. The summed E-state index contributed by atoms with van der Waals surface area (Å²) < 4.78 is 33.1. The fraction of sp³-hybridized carbons (Fsp3) is 0.467. The normalized spacial score (nSPS) is 16.3. The number of hydrogen-bond acceptors (Lipinski definition) is 4. The number of nitrogens with one attached hydrogen (secondary N) is 1. The molecule has 0 radical (unpaired) electrons. The minimum absolute atomic E-state index is 0.0830. The summed E-state index contributed by atoms with van der Waals surface area (Å²) in [5, 5.41) is 0. The van der Waals surface area contributed by atoms with Gasteiger partial charge in [0.05, 0.1) is 11.4 Å². The van der Waals surface area contributed by atoms with Crippen molar-refractivity contribution in [2.75, 3.05) is 19.8 Å². The van der Waals surface area contributed by atoms with E-state index in [4.69, 9.17) is 10.5 Å². The molecule has 0 bridgehead atoms. The van der Waals surface area contributed by atoms with E-state index in [1.807, 2.05) is 6.92 Å². The molecule has 21 heavy (non-hydrogen) atoms. The van der Waals surface area contributed by atoms with Crippen LogP contribution in [0.25, 0.3) is 0 Å². The van der Waals surface area contributed by atoms with Gasteiger partial charge < -0.3 is 10.5 Å². The molecule has 0 amide bonds. The van der Waals surface area contributed by atoms with Crippen LogP contribution in [0, 0.1) is 18.8 Å². The number of ether oxygens (including phenoxy) is 1. The molecular weight excluding hydrogens is 288 g/mol. The Hall–Kier alpha value is -1.39. The van der Waals surface area contributed by atoms with Gasteiger partial charge in [0.15, 0.2) is 0 Å². The highest BCUT2D eigenvalue weighted by molar-refractivity contribution is 7.89. The lowest BCUT2D eigenvalue weighted by atomic mass is 10.1. The molecule has 0 spiro atoms. The summed E-state index contributed by atoms with van der Waals surface area (Å²) in [6.07, 6.45) is 1.38. The van der Waals surface area contributed by atoms with Gasteiger partial charge in [0.1, 0.15) is 0 Å². The summed E-state index contributed by atoms with van der Waals surface area (Å²) in [6, 6.07) is 5.05. The molecule has 1 fully saturated rings. The van der Waals surface area contributed by atoms with Crippen LogP contribution < -0.4 is 10.5 Å². The summed E-state index contributed by atoms with van der Waals surface area (Å²) in [7, 11) is -3.59. The molecule has 0 saturated carbocycles. The highest BCUT2D eigenvalue weighted by atomic mass is 32.2. The fourth-order valence-corrected chi connectivity index (χ4v) is 3.67. The van der Waals surface area contributed by atoms with Crippen LogP contribution in [-0.2, 0) is 14.8 Å². The van der Waals surface area contributed by atoms with E-state index in [-0.39, 0.29) is 17.5 Å². The first-order valence-electron chi connectivity index (χ1n) is 6.92. The average molecular weight is 308 g/mol. The first-order valence-corrected chi connectivity index (χ1v) is 8.41. The minimum Gasteiger partial charge on any atom is -0.381 e. The quantitative estimate of drug-likeness (QED) is 0.808. The van der Waals surface area contributed by atoms with Crippen LogP contribution in [-0.4, -0.2) is 34.2 Å². The summed E-state index contributed by atoms with van der Waals surface area (Å²) in [5.74, 6) is 5.55. The van der Waals surface area contributed by atoms with Crippen LogP contribution in [0.5, 0.6) is 0 Å². The smallest absolute Gasteiger partial charge is 0.242 e. The van der Waals surface area contributed by atoms with Gasteiger partial charge >= 0.3 is 0 Å². The maximum absolute atomic E-state index is 12.5. The van der Waals surface area contributed by atoms with Gasteiger partial charge in [-0.15, -0.1) is 0 Å². The molecule has 6 heteroatoms. The topological polar surface area (TPSA) is 81.4 Å². The highest BCUT2D eigenvalue weighted by Gasteiger charge is 2.24. The van der Waals surface area contributed by atoms with E-state index in [0.29, 0.717) is 31.6 Å². The number of sulfonamides is 1. The molecule has 1 aliphatic rings. The van der Waals surface area contributed by atoms with Crippen molar-refractivity contribution in [3.8, 4) is 11.8 Å². The van der Waals surface area contributed by atoms with Crippen LogP contribution >= 0.6 is 0 Å². The van der Waals surface area contributed by atoms with Crippen molar-refractivity contribution in [2.45, 2.75) is 30.7 Å². The molecule has 1 aliphatic heterocycles. The fourth-order valence-electron chi connectivity index (χ4n) is 2.22. The Bertz CT molecular complexity index is 653. The lowest BCUT2D eigenvalue weighted by molar-refractivity contribution is 0.0832. The van der Waals surface area contributed by atoms with Crippen LogP contribution in [0.3, 0.4) is 0 Å². The SMILES string of the molecule is Cc1ccc(S(=O)(=O)NC2CCOCC2)c(C#CCN)c1. The van der Waals surface area contributed by atoms with Crippen molar-refractivity contribution in [3.63, 3.8) is 0 Å². The molecule has 0 aromatic heterocycles. The van der Waals surface area contributed by atoms with Gasteiger partial charge in [0.2, 0.25) is 10.0 Å². The van der Waals surface area contributed by atoms with E-state index in [2.05, 4.69) is 16.6 Å². The van der Waals surface area contributed by atoms with Crippen LogP contribution in [0.15, 0.2) is 23.1 Å². The molecule has 1 heterocycles. The van der Waals surface area contributed by atoms with E-state index < -0.39 is 10.0 Å². The molecule has 114 valence electrons. The van der Waals surface area contributed by atoms with Crippen molar-refractivity contribution in [1.82, 2.24) is 4.72 Å². The largest absolute Gasteiger partial charge is 0.381 e. The third-order valence-corrected chi connectivity index (χ3v) is 4.87. The van der Waals surface area contributed by atoms with Crippen molar-refractivity contribution in [2.24, 2.45) is 5.73 Å². The van der Waals surface area contributed by atoms with Crippen molar-refractivity contribution < 1.29 is 13.2 Å². The maximum atomic E-state index is 12.5. The number of aryl methyl sites for hydroxylation is 1. The molecule has 3 N–H and O–H groups in total. The zero-order valence-electron chi connectivity index (χ0n) is 12.1.